The molecular weight excluding hydrogens is 248 g/mol. The molecule has 3 rings (SSSR count). The van der Waals surface area contributed by atoms with Gasteiger partial charge in [-0.2, -0.15) is 15.0 Å². The summed E-state index contributed by atoms with van der Waals surface area (Å²) in [6.45, 7) is 2.00. The maximum atomic E-state index is 5.75. The van der Waals surface area contributed by atoms with Gasteiger partial charge in [0, 0.05) is 24.7 Å². The molecule has 0 unspecified atom stereocenters. The van der Waals surface area contributed by atoms with Gasteiger partial charge in [0.2, 0.25) is 11.9 Å². The number of nitrogens with two attached hydrogens (primary N) is 1. The van der Waals surface area contributed by atoms with Crippen LogP contribution in [0, 0.1) is 0 Å². The van der Waals surface area contributed by atoms with Crippen LogP contribution in [0.1, 0.15) is 23.7 Å². The molecule has 3 heterocycles. The Morgan fingerprint density at radius 3 is 2.78 bits per heavy atom. The van der Waals surface area contributed by atoms with E-state index in [1.165, 1.54) is 12.8 Å². The summed E-state index contributed by atoms with van der Waals surface area (Å²) in [5.41, 5.74) is 5.75. The van der Waals surface area contributed by atoms with Gasteiger partial charge in [0.1, 0.15) is 10.8 Å². The average molecular weight is 262 g/mol. The van der Waals surface area contributed by atoms with Crippen LogP contribution in [0.15, 0.2) is 11.6 Å². The second-order valence-electron chi connectivity index (χ2n) is 4.21. The van der Waals surface area contributed by atoms with Gasteiger partial charge in [-0.05, 0) is 12.8 Å². The lowest BCUT2D eigenvalue weighted by Gasteiger charge is -2.15. The summed E-state index contributed by atoms with van der Waals surface area (Å²) in [5, 5.41) is 2.94. The Morgan fingerprint density at radius 1 is 1.22 bits per heavy atom. The Bertz CT molecular complexity index is 520. The minimum Gasteiger partial charge on any atom is -0.368 e. The molecule has 7 heteroatoms. The summed E-state index contributed by atoms with van der Waals surface area (Å²) >= 11 is 1.60. The predicted molar refractivity (Wildman–Crippen MR) is 70.6 cm³/mol. The second-order valence-corrected chi connectivity index (χ2v) is 5.19. The summed E-state index contributed by atoms with van der Waals surface area (Å²) in [4.78, 5) is 19.3. The van der Waals surface area contributed by atoms with Gasteiger partial charge in [0.25, 0.3) is 0 Å². The van der Waals surface area contributed by atoms with Gasteiger partial charge in [-0.15, -0.1) is 11.3 Å². The normalized spacial score (nSPS) is 15.2. The lowest BCUT2D eigenvalue weighted by atomic mass is 10.4. The summed E-state index contributed by atoms with van der Waals surface area (Å²) in [6.07, 6.45) is 4.78. The fraction of sp³-hybridized carbons (Fsp3) is 0.455. The van der Waals surface area contributed by atoms with Crippen molar-refractivity contribution >= 4 is 23.2 Å². The van der Waals surface area contributed by atoms with E-state index >= 15 is 0 Å². The Labute approximate surface area is 109 Å². The molecule has 0 radical (unpaired) electrons. The van der Waals surface area contributed by atoms with E-state index in [2.05, 4.69) is 24.8 Å². The highest BCUT2D eigenvalue weighted by molar-refractivity contribution is 7.09. The van der Waals surface area contributed by atoms with Crippen molar-refractivity contribution in [2.24, 2.45) is 0 Å². The third kappa shape index (κ3) is 2.40. The minimum absolute atomic E-state index is 0.290. The largest absolute Gasteiger partial charge is 0.368 e. The molecule has 0 aliphatic carbocycles. The van der Waals surface area contributed by atoms with Crippen LogP contribution < -0.4 is 10.6 Å². The standard InChI is InChI=1S/C11H14N6S/c12-10-14-8(7-9-13-3-6-18-9)15-11(16-10)17-4-1-2-5-17/h3,6H,1-2,4-5,7H2,(H2,12,14,15,16). The number of hydrogen-bond acceptors (Lipinski definition) is 7. The molecule has 1 aliphatic rings. The first-order valence-corrected chi connectivity index (χ1v) is 6.83. The molecule has 1 saturated heterocycles. The van der Waals surface area contributed by atoms with Crippen molar-refractivity contribution in [3.8, 4) is 0 Å². The first-order valence-electron chi connectivity index (χ1n) is 5.95. The molecule has 1 aliphatic heterocycles. The van der Waals surface area contributed by atoms with Gasteiger partial charge in [-0.25, -0.2) is 4.98 Å². The van der Waals surface area contributed by atoms with Crippen molar-refractivity contribution in [2.75, 3.05) is 23.7 Å². The fourth-order valence-electron chi connectivity index (χ4n) is 2.04. The minimum atomic E-state index is 0.290. The van der Waals surface area contributed by atoms with E-state index in [9.17, 15) is 0 Å². The molecule has 6 nitrogen and oxygen atoms in total. The molecule has 0 saturated carbocycles. The lowest BCUT2D eigenvalue weighted by Crippen LogP contribution is -2.22. The van der Waals surface area contributed by atoms with E-state index in [1.807, 2.05) is 5.38 Å². The van der Waals surface area contributed by atoms with Crippen molar-refractivity contribution in [3.63, 3.8) is 0 Å². The van der Waals surface area contributed by atoms with Gasteiger partial charge in [-0.1, -0.05) is 0 Å². The van der Waals surface area contributed by atoms with Gasteiger partial charge in [-0.3, -0.25) is 0 Å². The third-order valence-corrected chi connectivity index (χ3v) is 3.65. The molecule has 1 fully saturated rings. The second kappa shape index (κ2) is 4.85. The zero-order valence-corrected chi connectivity index (χ0v) is 10.7. The van der Waals surface area contributed by atoms with Crippen LogP contribution in [0.2, 0.25) is 0 Å². The van der Waals surface area contributed by atoms with Crippen LogP contribution in [0.4, 0.5) is 11.9 Å². The number of anilines is 2. The SMILES string of the molecule is Nc1nc(Cc2nccs2)nc(N2CCCC2)n1. The van der Waals surface area contributed by atoms with E-state index < -0.39 is 0 Å². The lowest BCUT2D eigenvalue weighted by molar-refractivity contribution is 0.846. The zero-order valence-electron chi connectivity index (χ0n) is 9.91. The number of rotatable bonds is 3. The molecular formula is C11H14N6S. The van der Waals surface area contributed by atoms with E-state index in [4.69, 9.17) is 5.73 Å². The summed E-state index contributed by atoms with van der Waals surface area (Å²) < 4.78 is 0. The Kier molecular flexibility index (Phi) is 3.06. The van der Waals surface area contributed by atoms with E-state index in [0.29, 0.717) is 24.1 Å². The number of aromatic nitrogens is 4. The average Bonchev–Trinajstić information content (AvgIpc) is 3.00. The third-order valence-electron chi connectivity index (χ3n) is 2.87. The predicted octanol–water partition coefficient (Wildman–Crippen LogP) is 1.10. The first-order chi connectivity index (χ1) is 8.81. The quantitative estimate of drug-likeness (QED) is 0.892. The zero-order chi connectivity index (χ0) is 12.4. The molecule has 18 heavy (non-hydrogen) atoms. The number of thiazole rings is 1. The van der Waals surface area contributed by atoms with Gasteiger partial charge in [0.15, 0.2) is 0 Å². The number of hydrogen-bond donors (Lipinski definition) is 1. The van der Waals surface area contributed by atoms with Crippen molar-refractivity contribution in [2.45, 2.75) is 19.3 Å². The van der Waals surface area contributed by atoms with Gasteiger partial charge < -0.3 is 10.6 Å². The molecule has 0 bridgehead atoms. The van der Waals surface area contributed by atoms with E-state index in [-0.39, 0.29) is 0 Å². The van der Waals surface area contributed by atoms with Crippen molar-refractivity contribution in [1.82, 2.24) is 19.9 Å². The van der Waals surface area contributed by atoms with Crippen LogP contribution in [-0.4, -0.2) is 33.0 Å². The first kappa shape index (κ1) is 11.3. The van der Waals surface area contributed by atoms with Crippen molar-refractivity contribution in [3.05, 3.63) is 22.4 Å². The van der Waals surface area contributed by atoms with Crippen molar-refractivity contribution in [1.29, 1.82) is 0 Å². The monoisotopic (exact) mass is 262 g/mol. The number of nitrogen functional groups attached to an aromatic ring is 1. The summed E-state index contributed by atoms with van der Waals surface area (Å²) in [5.74, 6) is 1.68. The summed E-state index contributed by atoms with van der Waals surface area (Å²) in [7, 11) is 0. The Morgan fingerprint density at radius 2 is 2.06 bits per heavy atom. The van der Waals surface area contributed by atoms with Crippen LogP contribution in [0.25, 0.3) is 0 Å². The topological polar surface area (TPSA) is 80.8 Å². The van der Waals surface area contributed by atoms with Crippen LogP contribution >= 0.6 is 11.3 Å². The molecule has 94 valence electrons. The molecule has 0 aromatic carbocycles. The molecule has 2 aromatic rings. The fourth-order valence-corrected chi connectivity index (χ4v) is 2.65. The van der Waals surface area contributed by atoms with Crippen LogP contribution in [0.3, 0.4) is 0 Å². The molecule has 0 spiro atoms. The highest BCUT2D eigenvalue weighted by atomic mass is 32.1. The van der Waals surface area contributed by atoms with E-state index in [1.54, 1.807) is 17.5 Å². The molecule has 0 amide bonds. The maximum Gasteiger partial charge on any atom is 0.230 e. The van der Waals surface area contributed by atoms with Gasteiger partial charge >= 0.3 is 0 Å². The maximum absolute atomic E-state index is 5.75. The molecule has 2 aromatic heterocycles. The van der Waals surface area contributed by atoms with Crippen molar-refractivity contribution < 1.29 is 0 Å². The van der Waals surface area contributed by atoms with Crippen LogP contribution in [-0.2, 0) is 6.42 Å². The van der Waals surface area contributed by atoms with E-state index in [0.717, 1.165) is 18.1 Å². The highest BCUT2D eigenvalue weighted by Gasteiger charge is 2.17. The molecule has 0 atom stereocenters. The van der Waals surface area contributed by atoms with Gasteiger partial charge in [0.05, 0.1) is 6.42 Å². The smallest absolute Gasteiger partial charge is 0.230 e. The highest BCUT2D eigenvalue weighted by Crippen LogP contribution is 2.17. The Hall–Kier alpha value is -1.76. The van der Waals surface area contributed by atoms with Crippen LogP contribution in [0.5, 0.6) is 0 Å². The molecule has 2 N–H and O–H groups in total. The number of nitrogens with zero attached hydrogens (tertiary/aromatic N) is 5. The summed E-state index contributed by atoms with van der Waals surface area (Å²) in [6, 6.07) is 0. The Balaban J connectivity index is 1.85.